The van der Waals surface area contributed by atoms with Crippen LogP contribution in [0.2, 0.25) is 0 Å². The van der Waals surface area contributed by atoms with Crippen molar-refractivity contribution in [1.82, 2.24) is 14.9 Å². The van der Waals surface area contributed by atoms with Crippen molar-refractivity contribution in [2.75, 3.05) is 32.5 Å². The smallest absolute Gasteiger partial charge is 0.274 e. The maximum absolute atomic E-state index is 12.5. The molecule has 0 spiro atoms. The molecule has 21 heavy (non-hydrogen) atoms. The summed E-state index contributed by atoms with van der Waals surface area (Å²) in [7, 11) is 1.80. The first-order valence-electron chi connectivity index (χ1n) is 7.44. The molecule has 0 saturated carbocycles. The Kier molecular flexibility index (Phi) is 5.12. The molecular weight excluding hydrogens is 268 g/mol. The first-order valence-corrected chi connectivity index (χ1v) is 7.44. The molecule has 0 aromatic carbocycles. The Hall–Kier alpha value is -1.69. The van der Waals surface area contributed by atoms with Crippen molar-refractivity contribution in [1.29, 1.82) is 0 Å². The van der Waals surface area contributed by atoms with E-state index < -0.39 is 0 Å². The summed E-state index contributed by atoms with van der Waals surface area (Å²) in [6.45, 7) is 6.25. The summed E-state index contributed by atoms with van der Waals surface area (Å²) < 4.78 is 5.34. The van der Waals surface area contributed by atoms with Gasteiger partial charge in [0.25, 0.3) is 5.91 Å². The fourth-order valence-corrected chi connectivity index (χ4v) is 2.43. The summed E-state index contributed by atoms with van der Waals surface area (Å²) in [5.74, 6) is 1.16. The second-order valence-electron chi connectivity index (χ2n) is 5.93. The summed E-state index contributed by atoms with van der Waals surface area (Å²) in [4.78, 5) is 22.8. The van der Waals surface area contributed by atoms with Crippen molar-refractivity contribution >= 4 is 11.6 Å². The van der Waals surface area contributed by atoms with Gasteiger partial charge in [-0.1, -0.05) is 13.8 Å². The van der Waals surface area contributed by atoms with Crippen LogP contribution in [-0.2, 0) is 4.74 Å². The number of rotatable bonds is 4. The lowest BCUT2D eigenvalue weighted by molar-refractivity contribution is 0.0495. The topological polar surface area (TPSA) is 81.3 Å². The SMILES string of the molecule is CC(C)c1ncc(N)c(C(=O)N(C)CC2CCOCC2)n1. The number of ether oxygens (including phenoxy) is 1. The van der Waals surface area contributed by atoms with E-state index in [1.807, 2.05) is 13.8 Å². The molecule has 1 fully saturated rings. The third-order valence-electron chi connectivity index (χ3n) is 3.77. The molecule has 0 aliphatic carbocycles. The van der Waals surface area contributed by atoms with E-state index in [0.29, 0.717) is 29.7 Å². The average molecular weight is 292 g/mol. The van der Waals surface area contributed by atoms with E-state index in [-0.39, 0.29) is 11.8 Å². The molecule has 0 atom stereocenters. The molecule has 1 amide bonds. The number of hydrogen-bond donors (Lipinski definition) is 1. The van der Waals surface area contributed by atoms with Gasteiger partial charge in [-0.05, 0) is 18.8 Å². The Labute approximate surface area is 125 Å². The highest BCUT2D eigenvalue weighted by Crippen LogP contribution is 2.19. The van der Waals surface area contributed by atoms with Gasteiger partial charge in [0.1, 0.15) is 5.82 Å². The molecule has 0 bridgehead atoms. The fraction of sp³-hybridized carbons (Fsp3) is 0.667. The van der Waals surface area contributed by atoms with E-state index in [9.17, 15) is 4.79 Å². The molecule has 1 saturated heterocycles. The van der Waals surface area contributed by atoms with Gasteiger partial charge in [0.2, 0.25) is 0 Å². The van der Waals surface area contributed by atoms with Gasteiger partial charge in [-0.15, -0.1) is 0 Å². The van der Waals surface area contributed by atoms with Gasteiger partial charge >= 0.3 is 0 Å². The van der Waals surface area contributed by atoms with Crippen LogP contribution in [0, 0.1) is 5.92 Å². The zero-order valence-corrected chi connectivity index (χ0v) is 13.0. The van der Waals surface area contributed by atoms with E-state index in [1.165, 1.54) is 6.20 Å². The maximum Gasteiger partial charge on any atom is 0.274 e. The van der Waals surface area contributed by atoms with Gasteiger partial charge in [-0.2, -0.15) is 0 Å². The molecule has 2 N–H and O–H groups in total. The number of amides is 1. The molecule has 1 aromatic heterocycles. The van der Waals surface area contributed by atoms with Crippen LogP contribution < -0.4 is 5.73 Å². The summed E-state index contributed by atoms with van der Waals surface area (Å²) in [5, 5.41) is 0. The zero-order valence-electron chi connectivity index (χ0n) is 13.0. The minimum absolute atomic E-state index is 0.136. The predicted molar refractivity (Wildman–Crippen MR) is 81.0 cm³/mol. The van der Waals surface area contributed by atoms with Gasteiger partial charge in [-0.3, -0.25) is 4.79 Å². The van der Waals surface area contributed by atoms with Crippen LogP contribution in [0.15, 0.2) is 6.20 Å². The predicted octanol–water partition coefficient (Wildman–Crippen LogP) is 1.68. The van der Waals surface area contributed by atoms with Crippen molar-refractivity contribution in [3.8, 4) is 0 Å². The summed E-state index contributed by atoms with van der Waals surface area (Å²) in [6, 6.07) is 0. The number of carbonyl (C=O) groups is 1. The second kappa shape index (κ2) is 6.85. The van der Waals surface area contributed by atoms with Crippen molar-refractivity contribution in [3.63, 3.8) is 0 Å². The van der Waals surface area contributed by atoms with E-state index in [4.69, 9.17) is 10.5 Å². The monoisotopic (exact) mass is 292 g/mol. The molecule has 1 aliphatic heterocycles. The van der Waals surface area contributed by atoms with E-state index in [1.54, 1.807) is 11.9 Å². The molecule has 2 heterocycles. The van der Waals surface area contributed by atoms with Gasteiger partial charge in [-0.25, -0.2) is 9.97 Å². The van der Waals surface area contributed by atoms with Crippen molar-refractivity contribution in [2.24, 2.45) is 5.92 Å². The van der Waals surface area contributed by atoms with Crippen LogP contribution in [0.4, 0.5) is 5.69 Å². The lowest BCUT2D eigenvalue weighted by Gasteiger charge is -2.27. The molecule has 0 radical (unpaired) electrons. The number of hydrogen-bond acceptors (Lipinski definition) is 5. The molecule has 6 nitrogen and oxygen atoms in total. The first kappa shape index (κ1) is 15.7. The van der Waals surface area contributed by atoms with Crippen LogP contribution in [0.3, 0.4) is 0 Å². The molecular formula is C15H24N4O2. The molecule has 1 aromatic rings. The Morgan fingerprint density at radius 1 is 1.48 bits per heavy atom. The van der Waals surface area contributed by atoms with Gasteiger partial charge < -0.3 is 15.4 Å². The quantitative estimate of drug-likeness (QED) is 0.913. The van der Waals surface area contributed by atoms with Gasteiger partial charge in [0.15, 0.2) is 5.69 Å². The summed E-state index contributed by atoms with van der Waals surface area (Å²) in [6.07, 6.45) is 3.51. The van der Waals surface area contributed by atoms with Crippen LogP contribution in [0.1, 0.15) is 48.9 Å². The van der Waals surface area contributed by atoms with Crippen molar-refractivity contribution < 1.29 is 9.53 Å². The van der Waals surface area contributed by atoms with Crippen molar-refractivity contribution in [2.45, 2.75) is 32.6 Å². The average Bonchev–Trinajstić information content (AvgIpc) is 2.47. The molecule has 116 valence electrons. The Morgan fingerprint density at radius 2 is 2.14 bits per heavy atom. The van der Waals surface area contributed by atoms with Gasteiger partial charge in [0.05, 0.1) is 11.9 Å². The fourth-order valence-electron chi connectivity index (χ4n) is 2.43. The van der Waals surface area contributed by atoms with E-state index in [0.717, 1.165) is 26.1 Å². The lowest BCUT2D eigenvalue weighted by Crippen LogP contribution is -2.35. The maximum atomic E-state index is 12.5. The minimum Gasteiger partial charge on any atom is -0.396 e. The third-order valence-corrected chi connectivity index (χ3v) is 3.77. The lowest BCUT2D eigenvalue weighted by atomic mass is 10.00. The van der Waals surface area contributed by atoms with Crippen LogP contribution >= 0.6 is 0 Å². The highest BCUT2D eigenvalue weighted by atomic mass is 16.5. The zero-order chi connectivity index (χ0) is 15.4. The van der Waals surface area contributed by atoms with Crippen LogP contribution in [0.5, 0.6) is 0 Å². The number of anilines is 1. The van der Waals surface area contributed by atoms with Crippen molar-refractivity contribution in [3.05, 3.63) is 17.7 Å². The normalized spacial score (nSPS) is 16.2. The molecule has 2 rings (SSSR count). The van der Waals surface area contributed by atoms with E-state index >= 15 is 0 Å². The standard InChI is InChI=1S/C15H24N4O2/c1-10(2)14-17-8-12(16)13(18-14)15(20)19(3)9-11-4-6-21-7-5-11/h8,10-11H,4-7,9,16H2,1-3H3. The first-order chi connectivity index (χ1) is 9.99. The van der Waals surface area contributed by atoms with E-state index in [2.05, 4.69) is 9.97 Å². The largest absolute Gasteiger partial charge is 0.396 e. The highest BCUT2D eigenvalue weighted by molar-refractivity contribution is 5.96. The summed E-state index contributed by atoms with van der Waals surface area (Å²) >= 11 is 0. The molecule has 6 heteroatoms. The summed E-state index contributed by atoms with van der Waals surface area (Å²) in [5.41, 5.74) is 6.51. The Balaban J connectivity index is 2.09. The molecule has 0 unspecified atom stereocenters. The van der Waals surface area contributed by atoms with Crippen LogP contribution in [-0.4, -0.2) is 47.6 Å². The Morgan fingerprint density at radius 3 is 2.76 bits per heavy atom. The van der Waals surface area contributed by atoms with Gasteiger partial charge in [0, 0.05) is 32.7 Å². The van der Waals surface area contributed by atoms with Crippen LogP contribution in [0.25, 0.3) is 0 Å². The number of carbonyl (C=O) groups excluding carboxylic acids is 1. The number of nitrogens with two attached hydrogens (primary N) is 1. The number of aromatic nitrogens is 2. The number of nitrogens with zero attached hydrogens (tertiary/aromatic N) is 3. The number of nitrogen functional groups attached to an aromatic ring is 1. The second-order valence-corrected chi connectivity index (χ2v) is 5.93. The third kappa shape index (κ3) is 3.91. The Bertz CT molecular complexity index is 498. The minimum atomic E-state index is -0.136. The molecule has 1 aliphatic rings. The highest BCUT2D eigenvalue weighted by Gasteiger charge is 2.22.